The van der Waals surface area contributed by atoms with Gasteiger partial charge in [-0.15, -0.1) is 6.58 Å². The maximum Gasteiger partial charge on any atom is 0.220 e. The fourth-order valence-electron chi connectivity index (χ4n) is 2.21. The van der Waals surface area contributed by atoms with Gasteiger partial charge < -0.3 is 5.32 Å². The summed E-state index contributed by atoms with van der Waals surface area (Å²) in [6, 6.07) is 0. The van der Waals surface area contributed by atoms with E-state index >= 15 is 0 Å². The predicted molar refractivity (Wildman–Crippen MR) is 63.6 cm³/mol. The molecule has 1 saturated carbocycles. The lowest BCUT2D eigenvalue weighted by Gasteiger charge is -2.20. The summed E-state index contributed by atoms with van der Waals surface area (Å²) in [4.78, 5) is 11.4. The molecule has 0 aromatic carbocycles. The Morgan fingerprint density at radius 1 is 1.33 bits per heavy atom. The second-order valence-corrected chi connectivity index (χ2v) is 4.47. The lowest BCUT2D eigenvalue weighted by Crippen LogP contribution is -2.24. The van der Waals surface area contributed by atoms with Gasteiger partial charge in [0.15, 0.2) is 0 Å². The van der Waals surface area contributed by atoms with E-state index in [1.165, 1.54) is 32.1 Å². The van der Waals surface area contributed by atoms with Crippen LogP contribution in [0.4, 0.5) is 0 Å². The SMILES string of the molecule is C=CCCNC(=O)CCC1CCCCC1. The normalized spacial score (nSPS) is 17.3. The summed E-state index contributed by atoms with van der Waals surface area (Å²) in [5, 5.41) is 2.91. The second kappa shape index (κ2) is 7.49. The summed E-state index contributed by atoms with van der Waals surface area (Å²) >= 11 is 0. The lowest BCUT2D eigenvalue weighted by atomic mass is 9.86. The molecule has 1 fully saturated rings. The summed E-state index contributed by atoms with van der Waals surface area (Å²) < 4.78 is 0. The highest BCUT2D eigenvalue weighted by atomic mass is 16.1. The summed E-state index contributed by atoms with van der Waals surface area (Å²) in [6.07, 6.45) is 11.3. The monoisotopic (exact) mass is 209 g/mol. The number of amides is 1. The first-order valence-electron chi connectivity index (χ1n) is 6.20. The molecule has 0 aromatic rings. The molecule has 2 nitrogen and oxygen atoms in total. The van der Waals surface area contributed by atoms with Crippen LogP contribution in [0.15, 0.2) is 12.7 Å². The molecule has 0 bridgehead atoms. The standard InChI is InChI=1S/C13H23NO/c1-2-3-11-14-13(15)10-9-12-7-5-4-6-8-12/h2,12H,1,3-11H2,(H,14,15). The fraction of sp³-hybridized carbons (Fsp3) is 0.769. The number of nitrogens with one attached hydrogen (secondary N) is 1. The third-order valence-electron chi connectivity index (χ3n) is 3.18. The van der Waals surface area contributed by atoms with Gasteiger partial charge in [0, 0.05) is 13.0 Å². The Morgan fingerprint density at radius 3 is 2.73 bits per heavy atom. The van der Waals surface area contributed by atoms with Gasteiger partial charge in [-0.1, -0.05) is 38.2 Å². The highest BCUT2D eigenvalue weighted by molar-refractivity contribution is 5.75. The molecule has 1 amide bonds. The molecule has 1 aliphatic carbocycles. The van der Waals surface area contributed by atoms with Crippen LogP contribution in [0.1, 0.15) is 51.4 Å². The largest absolute Gasteiger partial charge is 0.356 e. The topological polar surface area (TPSA) is 29.1 Å². The molecular weight excluding hydrogens is 186 g/mol. The van der Waals surface area contributed by atoms with Crippen molar-refractivity contribution in [3.63, 3.8) is 0 Å². The average Bonchev–Trinajstić information content (AvgIpc) is 2.28. The highest BCUT2D eigenvalue weighted by Crippen LogP contribution is 2.27. The number of rotatable bonds is 6. The quantitative estimate of drug-likeness (QED) is 0.528. The van der Waals surface area contributed by atoms with Crippen molar-refractivity contribution in [2.75, 3.05) is 6.54 Å². The van der Waals surface area contributed by atoms with Crippen molar-refractivity contribution in [3.05, 3.63) is 12.7 Å². The minimum Gasteiger partial charge on any atom is -0.356 e. The molecule has 86 valence electrons. The Morgan fingerprint density at radius 2 is 2.07 bits per heavy atom. The van der Waals surface area contributed by atoms with Crippen LogP contribution in [-0.2, 0) is 4.79 Å². The molecule has 0 aliphatic heterocycles. The zero-order valence-corrected chi connectivity index (χ0v) is 9.63. The number of carbonyl (C=O) groups is 1. The van der Waals surface area contributed by atoms with Gasteiger partial charge in [-0.25, -0.2) is 0 Å². The van der Waals surface area contributed by atoms with Crippen LogP contribution in [0.5, 0.6) is 0 Å². The molecule has 15 heavy (non-hydrogen) atoms. The Kier molecular flexibility index (Phi) is 6.14. The van der Waals surface area contributed by atoms with E-state index < -0.39 is 0 Å². The van der Waals surface area contributed by atoms with Gasteiger partial charge in [0.25, 0.3) is 0 Å². The summed E-state index contributed by atoms with van der Waals surface area (Å²) in [5.74, 6) is 1.02. The zero-order chi connectivity index (χ0) is 10.9. The van der Waals surface area contributed by atoms with Gasteiger partial charge in [-0.2, -0.15) is 0 Å². The van der Waals surface area contributed by atoms with Gasteiger partial charge in [0.2, 0.25) is 5.91 Å². The molecule has 0 unspecified atom stereocenters. The predicted octanol–water partition coefficient (Wildman–Crippen LogP) is 3.04. The van der Waals surface area contributed by atoms with E-state index in [4.69, 9.17) is 0 Å². The molecule has 0 spiro atoms. The Labute approximate surface area is 93.1 Å². The van der Waals surface area contributed by atoms with Gasteiger partial charge >= 0.3 is 0 Å². The molecule has 0 saturated heterocycles. The Hall–Kier alpha value is -0.790. The molecular formula is C13H23NO. The lowest BCUT2D eigenvalue weighted by molar-refractivity contribution is -0.121. The number of hydrogen-bond acceptors (Lipinski definition) is 1. The van der Waals surface area contributed by atoms with Crippen molar-refractivity contribution < 1.29 is 4.79 Å². The molecule has 0 aromatic heterocycles. The van der Waals surface area contributed by atoms with Gasteiger partial charge in [-0.3, -0.25) is 4.79 Å². The van der Waals surface area contributed by atoms with Crippen LogP contribution in [0.25, 0.3) is 0 Å². The third-order valence-corrected chi connectivity index (χ3v) is 3.18. The summed E-state index contributed by atoms with van der Waals surface area (Å²) in [5.41, 5.74) is 0. The van der Waals surface area contributed by atoms with E-state index in [9.17, 15) is 4.79 Å². The van der Waals surface area contributed by atoms with E-state index in [-0.39, 0.29) is 5.91 Å². The van der Waals surface area contributed by atoms with Gasteiger partial charge in [-0.05, 0) is 18.8 Å². The van der Waals surface area contributed by atoms with Crippen LogP contribution in [0.2, 0.25) is 0 Å². The maximum absolute atomic E-state index is 11.4. The molecule has 0 atom stereocenters. The van der Waals surface area contributed by atoms with Crippen LogP contribution < -0.4 is 5.32 Å². The van der Waals surface area contributed by atoms with Crippen molar-refractivity contribution in [1.29, 1.82) is 0 Å². The van der Waals surface area contributed by atoms with Crippen LogP contribution in [0, 0.1) is 5.92 Å². The van der Waals surface area contributed by atoms with Crippen molar-refractivity contribution in [2.45, 2.75) is 51.4 Å². The van der Waals surface area contributed by atoms with Crippen molar-refractivity contribution in [3.8, 4) is 0 Å². The first kappa shape index (κ1) is 12.3. The molecule has 1 N–H and O–H groups in total. The Balaban J connectivity index is 2.02. The number of hydrogen-bond donors (Lipinski definition) is 1. The molecule has 1 aliphatic rings. The molecule has 1 rings (SSSR count). The first-order chi connectivity index (χ1) is 7.33. The minimum atomic E-state index is 0.211. The van der Waals surface area contributed by atoms with E-state index in [2.05, 4.69) is 11.9 Å². The number of carbonyl (C=O) groups excluding carboxylic acids is 1. The first-order valence-corrected chi connectivity index (χ1v) is 6.20. The average molecular weight is 209 g/mol. The van der Waals surface area contributed by atoms with E-state index in [1.807, 2.05) is 6.08 Å². The smallest absolute Gasteiger partial charge is 0.220 e. The highest BCUT2D eigenvalue weighted by Gasteiger charge is 2.14. The van der Waals surface area contributed by atoms with Crippen LogP contribution in [0.3, 0.4) is 0 Å². The van der Waals surface area contributed by atoms with Crippen molar-refractivity contribution in [1.82, 2.24) is 5.32 Å². The third kappa shape index (κ3) is 5.60. The Bertz CT molecular complexity index is 195. The summed E-state index contributed by atoms with van der Waals surface area (Å²) in [6.45, 7) is 4.37. The second-order valence-electron chi connectivity index (χ2n) is 4.47. The van der Waals surface area contributed by atoms with E-state index in [0.717, 1.165) is 25.3 Å². The maximum atomic E-state index is 11.4. The van der Waals surface area contributed by atoms with E-state index in [1.54, 1.807) is 0 Å². The molecule has 0 heterocycles. The zero-order valence-electron chi connectivity index (χ0n) is 9.63. The van der Waals surface area contributed by atoms with Crippen molar-refractivity contribution in [2.24, 2.45) is 5.92 Å². The van der Waals surface area contributed by atoms with Crippen molar-refractivity contribution >= 4 is 5.91 Å². The van der Waals surface area contributed by atoms with Crippen LogP contribution >= 0.6 is 0 Å². The molecule has 2 heteroatoms. The molecule has 0 radical (unpaired) electrons. The van der Waals surface area contributed by atoms with E-state index in [0.29, 0.717) is 6.42 Å². The van der Waals surface area contributed by atoms with Gasteiger partial charge in [0.1, 0.15) is 0 Å². The fourth-order valence-corrected chi connectivity index (χ4v) is 2.21. The summed E-state index contributed by atoms with van der Waals surface area (Å²) in [7, 11) is 0. The van der Waals surface area contributed by atoms with Gasteiger partial charge in [0.05, 0.1) is 0 Å². The minimum absolute atomic E-state index is 0.211. The van der Waals surface area contributed by atoms with Crippen LogP contribution in [-0.4, -0.2) is 12.5 Å².